The van der Waals surface area contributed by atoms with E-state index >= 15 is 0 Å². The van der Waals surface area contributed by atoms with Crippen molar-refractivity contribution in [2.75, 3.05) is 26.2 Å². The van der Waals surface area contributed by atoms with Gasteiger partial charge in [0.25, 0.3) is 0 Å². The van der Waals surface area contributed by atoms with E-state index in [2.05, 4.69) is 36.6 Å². The highest BCUT2D eigenvalue weighted by molar-refractivity contribution is 5.79. The van der Waals surface area contributed by atoms with Gasteiger partial charge >= 0.3 is 6.09 Å². The molecule has 2 aromatic rings. The van der Waals surface area contributed by atoms with Gasteiger partial charge < -0.3 is 25.3 Å². The maximum Gasteiger partial charge on any atom is 0.407 e. The number of benzene rings is 1. The third-order valence-electron chi connectivity index (χ3n) is 4.01. The fourth-order valence-corrected chi connectivity index (χ4v) is 2.76. The predicted octanol–water partition coefficient (Wildman–Crippen LogP) is 2.90. The third-order valence-corrected chi connectivity index (χ3v) is 4.01. The summed E-state index contributed by atoms with van der Waals surface area (Å²) in [5.41, 5.74) is 1.70. The highest BCUT2D eigenvalue weighted by Crippen LogP contribution is 2.12. The van der Waals surface area contributed by atoms with Gasteiger partial charge in [-0.2, -0.15) is 0 Å². The molecule has 0 unspecified atom stereocenters. The fraction of sp³-hybridized carbons (Fsp3) is 0.571. The van der Waals surface area contributed by atoms with Crippen LogP contribution in [0.5, 0.6) is 0 Å². The molecule has 0 aliphatic heterocycles. The van der Waals surface area contributed by atoms with Crippen molar-refractivity contribution < 1.29 is 9.53 Å². The van der Waals surface area contributed by atoms with Gasteiger partial charge in [-0.25, -0.2) is 9.78 Å². The Labute approximate surface area is 173 Å². The van der Waals surface area contributed by atoms with Crippen molar-refractivity contribution in [1.29, 1.82) is 0 Å². The Balaban J connectivity index is 1.67. The van der Waals surface area contributed by atoms with Crippen LogP contribution in [-0.4, -0.2) is 53.4 Å². The number of hydrogen-bond donors (Lipinski definition) is 3. The van der Waals surface area contributed by atoms with Gasteiger partial charge in [0.15, 0.2) is 5.96 Å². The molecule has 1 amide bonds. The minimum atomic E-state index is -0.476. The number of amides is 1. The molecule has 0 spiro atoms. The Bertz CT molecular complexity index is 794. The number of para-hydroxylation sites is 2. The van der Waals surface area contributed by atoms with E-state index in [0.717, 1.165) is 49.5 Å². The number of nitrogens with zero attached hydrogens (tertiary/aromatic N) is 3. The summed E-state index contributed by atoms with van der Waals surface area (Å²) in [4.78, 5) is 20.7. The van der Waals surface area contributed by atoms with Crippen molar-refractivity contribution in [3.05, 3.63) is 30.6 Å². The number of aryl methyl sites for hydroxylation is 1. The zero-order chi connectivity index (χ0) is 21.1. The molecule has 29 heavy (non-hydrogen) atoms. The largest absolute Gasteiger partial charge is 0.444 e. The minimum absolute atomic E-state index is 0.384. The average molecular weight is 403 g/mol. The van der Waals surface area contributed by atoms with E-state index in [1.165, 1.54) is 0 Å². The second-order valence-electron chi connectivity index (χ2n) is 7.75. The number of nitrogens with one attached hydrogen (secondary N) is 3. The second kappa shape index (κ2) is 11.3. The molecule has 1 aromatic carbocycles. The van der Waals surface area contributed by atoms with Gasteiger partial charge in [-0.05, 0) is 52.7 Å². The number of aromatic nitrogens is 2. The van der Waals surface area contributed by atoms with Gasteiger partial charge in [0.1, 0.15) is 5.60 Å². The standard InChI is InChI=1S/C21H34N6O2/c1-5-22-19(23-12-8-13-25-20(28)29-21(2,3)4)24-14-9-15-27-16-26-17-10-6-7-11-18(17)27/h6-7,10-11,16H,5,8-9,12-15H2,1-4H3,(H,25,28)(H2,22,23,24). The maximum atomic E-state index is 11.6. The molecular formula is C21H34N6O2. The fourth-order valence-electron chi connectivity index (χ4n) is 2.76. The van der Waals surface area contributed by atoms with Crippen LogP contribution in [-0.2, 0) is 11.3 Å². The van der Waals surface area contributed by atoms with Crippen molar-refractivity contribution in [1.82, 2.24) is 25.5 Å². The van der Waals surface area contributed by atoms with Crippen LogP contribution < -0.4 is 16.0 Å². The SMILES string of the molecule is CCNC(=NCCCn1cnc2ccccc21)NCCCNC(=O)OC(C)(C)C. The summed E-state index contributed by atoms with van der Waals surface area (Å²) in [5.74, 6) is 0.792. The molecule has 160 valence electrons. The van der Waals surface area contributed by atoms with E-state index in [1.807, 2.05) is 52.2 Å². The summed E-state index contributed by atoms with van der Waals surface area (Å²) in [6.07, 6.45) is 3.21. The van der Waals surface area contributed by atoms with Gasteiger partial charge in [0.2, 0.25) is 0 Å². The first-order valence-electron chi connectivity index (χ1n) is 10.3. The molecule has 8 nitrogen and oxygen atoms in total. The molecule has 0 atom stereocenters. The number of carbonyl (C=O) groups is 1. The summed E-state index contributed by atoms with van der Waals surface area (Å²) in [6, 6.07) is 8.14. The lowest BCUT2D eigenvalue weighted by Gasteiger charge is -2.19. The Kier molecular flexibility index (Phi) is 8.76. The van der Waals surface area contributed by atoms with Gasteiger partial charge in [0, 0.05) is 32.7 Å². The molecule has 0 saturated heterocycles. The van der Waals surface area contributed by atoms with Gasteiger partial charge in [-0.15, -0.1) is 0 Å². The predicted molar refractivity (Wildman–Crippen MR) is 117 cm³/mol. The zero-order valence-corrected chi connectivity index (χ0v) is 18.0. The Morgan fingerprint density at radius 1 is 1.14 bits per heavy atom. The molecule has 3 N–H and O–H groups in total. The van der Waals surface area contributed by atoms with Crippen molar-refractivity contribution in [3.8, 4) is 0 Å². The monoisotopic (exact) mass is 402 g/mol. The number of fused-ring (bicyclic) bond motifs is 1. The number of rotatable bonds is 9. The smallest absolute Gasteiger partial charge is 0.407 e. The lowest BCUT2D eigenvalue weighted by molar-refractivity contribution is 0.0527. The number of alkyl carbamates (subject to hydrolysis) is 1. The first-order valence-corrected chi connectivity index (χ1v) is 10.3. The summed E-state index contributed by atoms with van der Waals surface area (Å²) < 4.78 is 7.37. The molecule has 0 radical (unpaired) electrons. The van der Waals surface area contributed by atoms with E-state index in [0.29, 0.717) is 13.1 Å². The normalized spacial score (nSPS) is 12.1. The number of aliphatic imine (C=N–C) groups is 1. The van der Waals surface area contributed by atoms with Crippen molar-refractivity contribution in [2.45, 2.75) is 52.7 Å². The Morgan fingerprint density at radius 2 is 1.90 bits per heavy atom. The topological polar surface area (TPSA) is 92.6 Å². The lowest BCUT2D eigenvalue weighted by Crippen LogP contribution is -2.39. The zero-order valence-electron chi connectivity index (χ0n) is 18.0. The van der Waals surface area contributed by atoms with Crippen molar-refractivity contribution >= 4 is 23.1 Å². The van der Waals surface area contributed by atoms with Crippen LogP contribution in [0.25, 0.3) is 11.0 Å². The molecule has 0 aliphatic carbocycles. The number of guanidine groups is 1. The number of hydrogen-bond acceptors (Lipinski definition) is 4. The number of carbonyl (C=O) groups excluding carboxylic acids is 1. The summed E-state index contributed by atoms with van der Waals surface area (Å²) in [6.45, 7) is 11.3. The van der Waals surface area contributed by atoms with Gasteiger partial charge in [-0.3, -0.25) is 4.99 Å². The van der Waals surface area contributed by atoms with E-state index in [-0.39, 0.29) is 6.09 Å². The molecule has 0 bridgehead atoms. The summed E-state index contributed by atoms with van der Waals surface area (Å²) in [7, 11) is 0. The molecule has 0 aliphatic rings. The van der Waals surface area contributed by atoms with Crippen LogP contribution in [0, 0.1) is 0 Å². The number of ether oxygens (including phenoxy) is 1. The van der Waals surface area contributed by atoms with Crippen LogP contribution in [0.3, 0.4) is 0 Å². The molecule has 1 aromatic heterocycles. The van der Waals surface area contributed by atoms with Crippen molar-refractivity contribution in [2.24, 2.45) is 4.99 Å². The first kappa shape index (κ1) is 22.5. The van der Waals surface area contributed by atoms with E-state index in [9.17, 15) is 4.79 Å². The molecule has 0 fully saturated rings. The highest BCUT2D eigenvalue weighted by Gasteiger charge is 2.15. The van der Waals surface area contributed by atoms with E-state index in [1.54, 1.807) is 0 Å². The van der Waals surface area contributed by atoms with Crippen LogP contribution >= 0.6 is 0 Å². The summed E-state index contributed by atoms with van der Waals surface area (Å²) in [5, 5.41) is 9.30. The molecule has 8 heteroatoms. The van der Waals surface area contributed by atoms with E-state index < -0.39 is 5.60 Å². The third kappa shape index (κ3) is 8.41. The number of imidazole rings is 1. The van der Waals surface area contributed by atoms with Gasteiger partial charge in [-0.1, -0.05) is 12.1 Å². The van der Waals surface area contributed by atoms with Crippen LogP contribution in [0.2, 0.25) is 0 Å². The van der Waals surface area contributed by atoms with Crippen LogP contribution in [0.1, 0.15) is 40.5 Å². The Morgan fingerprint density at radius 3 is 2.66 bits per heavy atom. The first-order chi connectivity index (χ1) is 13.9. The minimum Gasteiger partial charge on any atom is -0.444 e. The van der Waals surface area contributed by atoms with Crippen LogP contribution in [0.4, 0.5) is 4.79 Å². The maximum absolute atomic E-state index is 11.6. The lowest BCUT2D eigenvalue weighted by atomic mass is 10.2. The molecule has 1 heterocycles. The molecular weight excluding hydrogens is 368 g/mol. The summed E-state index contributed by atoms with van der Waals surface area (Å²) >= 11 is 0. The Hall–Kier alpha value is -2.77. The second-order valence-corrected chi connectivity index (χ2v) is 7.75. The average Bonchev–Trinajstić information content (AvgIpc) is 3.06. The highest BCUT2D eigenvalue weighted by atomic mass is 16.6. The molecule has 0 saturated carbocycles. The van der Waals surface area contributed by atoms with Gasteiger partial charge in [0.05, 0.1) is 17.4 Å². The molecule has 2 rings (SSSR count). The quantitative estimate of drug-likeness (QED) is 0.341. The van der Waals surface area contributed by atoms with E-state index in [4.69, 9.17) is 4.74 Å². The van der Waals surface area contributed by atoms with Crippen LogP contribution in [0.15, 0.2) is 35.6 Å². The van der Waals surface area contributed by atoms with Crippen molar-refractivity contribution in [3.63, 3.8) is 0 Å².